The summed E-state index contributed by atoms with van der Waals surface area (Å²) in [6.45, 7) is 1.36. The number of aliphatic hydroxyl groups excluding tert-OH is 2. The average molecular weight is 652 g/mol. The number of hydrogen-bond donors (Lipinski definition) is 5. The van der Waals surface area contributed by atoms with Gasteiger partial charge in [-0.15, -0.1) is 0 Å². The second-order valence-corrected chi connectivity index (χ2v) is 11.8. The van der Waals surface area contributed by atoms with E-state index in [1.165, 1.54) is 0 Å². The van der Waals surface area contributed by atoms with Crippen molar-refractivity contribution >= 4 is 40.9 Å². The van der Waals surface area contributed by atoms with Crippen molar-refractivity contribution in [1.82, 2.24) is 20.2 Å². The lowest BCUT2D eigenvalue weighted by Crippen LogP contribution is -2.45. The molecule has 2 aliphatic rings. The zero-order valence-electron chi connectivity index (χ0n) is 25.3. The fraction of sp³-hybridized carbons (Fsp3) is 0.406. The van der Waals surface area contributed by atoms with Crippen LogP contribution >= 0.6 is 11.6 Å². The molecule has 2 aromatic carbocycles. The Morgan fingerprint density at radius 2 is 1.65 bits per heavy atom. The molecule has 5 rings (SSSR count). The number of amidine groups is 1. The molecule has 0 aliphatic carbocycles. The monoisotopic (exact) mass is 651 g/mol. The molecule has 0 radical (unpaired) electrons. The lowest BCUT2D eigenvalue weighted by molar-refractivity contribution is 0.0536. The molecular formula is C32H38ClN7O6. The van der Waals surface area contributed by atoms with Crippen molar-refractivity contribution in [3.8, 4) is 11.5 Å². The molecule has 1 saturated heterocycles. The quantitative estimate of drug-likeness (QED) is 0.192. The third kappa shape index (κ3) is 8.22. The van der Waals surface area contributed by atoms with Gasteiger partial charge in [-0.25, -0.2) is 9.97 Å². The van der Waals surface area contributed by atoms with Crippen LogP contribution in [0.25, 0.3) is 0 Å². The van der Waals surface area contributed by atoms with Crippen molar-refractivity contribution in [2.45, 2.75) is 50.2 Å². The first-order valence-corrected chi connectivity index (χ1v) is 15.5. The predicted molar refractivity (Wildman–Crippen MR) is 173 cm³/mol. The van der Waals surface area contributed by atoms with Crippen LogP contribution in [0.15, 0.2) is 53.5 Å². The van der Waals surface area contributed by atoms with E-state index in [1.54, 1.807) is 12.1 Å². The van der Waals surface area contributed by atoms with Crippen LogP contribution in [0.2, 0.25) is 5.15 Å². The molecule has 1 spiro atoms. The topological polar surface area (TPSA) is 199 Å². The van der Waals surface area contributed by atoms with E-state index in [-0.39, 0.29) is 47.1 Å². The van der Waals surface area contributed by atoms with E-state index in [4.69, 9.17) is 42.6 Å². The van der Waals surface area contributed by atoms with E-state index >= 15 is 0 Å². The highest BCUT2D eigenvalue weighted by Crippen LogP contribution is 2.36. The number of piperidine rings is 1. The first-order chi connectivity index (χ1) is 22.1. The molecule has 1 aromatic heterocycles. The number of nitrogen functional groups attached to an aromatic ring is 2. The van der Waals surface area contributed by atoms with Gasteiger partial charge in [-0.1, -0.05) is 23.7 Å². The van der Waals surface area contributed by atoms with Gasteiger partial charge in [-0.2, -0.15) is 0 Å². The lowest BCUT2D eigenvalue weighted by Gasteiger charge is -2.37. The first-order valence-electron chi connectivity index (χ1n) is 15.2. The van der Waals surface area contributed by atoms with Gasteiger partial charge in [0.15, 0.2) is 22.5 Å². The Morgan fingerprint density at radius 1 is 0.978 bits per heavy atom. The Labute approximate surface area is 271 Å². The van der Waals surface area contributed by atoms with Gasteiger partial charge >= 0.3 is 0 Å². The Kier molecular flexibility index (Phi) is 10.6. The van der Waals surface area contributed by atoms with Crippen molar-refractivity contribution in [2.75, 3.05) is 44.4 Å². The van der Waals surface area contributed by atoms with Crippen molar-refractivity contribution in [2.24, 2.45) is 4.99 Å². The third-order valence-corrected chi connectivity index (χ3v) is 8.39. The summed E-state index contributed by atoms with van der Waals surface area (Å²) in [6.07, 6.45) is 3.49. The summed E-state index contributed by atoms with van der Waals surface area (Å²) in [6, 6.07) is 14.8. The van der Waals surface area contributed by atoms with Gasteiger partial charge in [0, 0.05) is 25.1 Å². The van der Waals surface area contributed by atoms with E-state index in [1.807, 2.05) is 41.3 Å². The third-order valence-electron chi connectivity index (χ3n) is 8.11. The second kappa shape index (κ2) is 14.8. The van der Waals surface area contributed by atoms with Gasteiger partial charge in [0.1, 0.15) is 30.0 Å². The van der Waals surface area contributed by atoms with Crippen molar-refractivity contribution in [3.63, 3.8) is 0 Å². The maximum atomic E-state index is 13.2. The molecular weight excluding hydrogens is 614 g/mol. The smallest absolute Gasteiger partial charge is 0.279 e. The molecule has 1 fully saturated rings. The number of ether oxygens (including phenoxy) is 2. The lowest BCUT2D eigenvalue weighted by atomic mass is 9.86. The summed E-state index contributed by atoms with van der Waals surface area (Å²) < 4.78 is 11.3. The highest BCUT2D eigenvalue weighted by molar-refractivity contribution is 6.31. The Hall–Kier alpha value is -4.46. The summed E-state index contributed by atoms with van der Waals surface area (Å²) in [7, 11) is 0. The second-order valence-electron chi connectivity index (χ2n) is 11.4. The highest BCUT2D eigenvalue weighted by Gasteiger charge is 2.39. The minimum atomic E-state index is -0.896. The first kappa shape index (κ1) is 32.9. The van der Waals surface area contributed by atoms with Gasteiger partial charge in [0.25, 0.3) is 11.8 Å². The van der Waals surface area contributed by atoms with Gasteiger partial charge in [0.2, 0.25) is 0 Å². The van der Waals surface area contributed by atoms with Crippen LogP contribution in [-0.4, -0.2) is 87.3 Å². The van der Waals surface area contributed by atoms with Crippen LogP contribution in [0.5, 0.6) is 11.5 Å². The van der Waals surface area contributed by atoms with Crippen molar-refractivity contribution in [3.05, 3.63) is 70.5 Å². The Morgan fingerprint density at radius 3 is 2.35 bits per heavy atom. The molecule has 1 atom stereocenters. The number of benzene rings is 2. The standard InChI is InChI=1S/C32H38ClN7O6/c33-27-29(35)38-28(34)26(37-27)30(43)36-25-11-12-32(39-25)13-15-40(16-14-32)31(44)21-5-9-23(10-6-21)45-17-1-2-20-3-7-24(8-4-20)46-19-22(42)18-41/h3-10,22,41-42H,1-2,11-19H2,(H4,34,35,38)(H,36,39,43)/t22-/m0/s1. The number of aryl methyl sites for hydroxylation is 1. The number of amides is 2. The molecule has 0 unspecified atom stereocenters. The summed E-state index contributed by atoms with van der Waals surface area (Å²) in [4.78, 5) is 40.4. The Bertz CT molecular complexity index is 1560. The number of hydrogen-bond acceptors (Lipinski definition) is 11. The number of carbonyl (C=O) groups is 2. The molecule has 7 N–H and O–H groups in total. The van der Waals surface area contributed by atoms with E-state index in [2.05, 4.69) is 15.3 Å². The molecule has 13 nitrogen and oxygen atoms in total. The molecule has 244 valence electrons. The number of nitrogens with one attached hydrogen (secondary N) is 1. The minimum absolute atomic E-state index is 0.0375. The molecule has 3 aromatic rings. The SMILES string of the molecule is Nc1nc(N)c(C(=O)NC2=NC3(CC2)CCN(C(=O)c2ccc(OCCCc4ccc(OC[C@@H](O)CO)cc4)cc2)CC3)nc1Cl. The molecule has 0 bridgehead atoms. The zero-order chi connectivity index (χ0) is 32.7. The summed E-state index contributed by atoms with van der Waals surface area (Å²) in [5.41, 5.74) is 12.7. The number of carbonyl (C=O) groups excluding carboxylic acids is 2. The van der Waals surface area contributed by atoms with Gasteiger partial charge in [0.05, 0.1) is 18.8 Å². The van der Waals surface area contributed by atoms with Crippen LogP contribution in [0, 0.1) is 0 Å². The minimum Gasteiger partial charge on any atom is -0.494 e. The number of aromatic nitrogens is 2. The number of likely N-dealkylation sites (tertiary alicyclic amines) is 1. The van der Waals surface area contributed by atoms with E-state index in [0.717, 1.165) is 24.8 Å². The normalized spacial score (nSPS) is 16.2. The number of nitrogens with zero attached hydrogens (tertiary/aromatic N) is 4. The number of aliphatic imine (C=N–C) groups is 1. The van der Waals surface area contributed by atoms with E-state index in [9.17, 15) is 14.7 Å². The molecule has 2 amide bonds. The van der Waals surface area contributed by atoms with Gasteiger partial charge < -0.3 is 41.4 Å². The van der Waals surface area contributed by atoms with Crippen LogP contribution in [0.3, 0.4) is 0 Å². The number of rotatable bonds is 11. The fourth-order valence-corrected chi connectivity index (χ4v) is 5.59. The molecule has 3 heterocycles. The molecule has 2 aliphatic heterocycles. The molecule has 0 saturated carbocycles. The van der Waals surface area contributed by atoms with Crippen LogP contribution in [0.4, 0.5) is 11.6 Å². The Balaban J connectivity index is 1.04. The fourth-order valence-electron chi connectivity index (χ4n) is 5.47. The maximum absolute atomic E-state index is 13.2. The van der Waals surface area contributed by atoms with Crippen LogP contribution in [-0.2, 0) is 6.42 Å². The van der Waals surface area contributed by atoms with E-state index < -0.39 is 12.0 Å². The highest BCUT2D eigenvalue weighted by atomic mass is 35.5. The summed E-state index contributed by atoms with van der Waals surface area (Å²) in [5.74, 6) is 1.15. The van der Waals surface area contributed by atoms with Crippen molar-refractivity contribution < 1.29 is 29.3 Å². The number of nitrogens with two attached hydrogens (primary N) is 2. The van der Waals surface area contributed by atoms with Crippen molar-refractivity contribution in [1.29, 1.82) is 0 Å². The van der Waals surface area contributed by atoms with Crippen LogP contribution < -0.4 is 26.3 Å². The molecule has 46 heavy (non-hydrogen) atoms. The zero-order valence-corrected chi connectivity index (χ0v) is 26.1. The summed E-state index contributed by atoms with van der Waals surface area (Å²) >= 11 is 5.90. The van der Waals surface area contributed by atoms with Gasteiger partial charge in [-0.05, 0) is 74.1 Å². The average Bonchev–Trinajstić information content (AvgIpc) is 3.45. The van der Waals surface area contributed by atoms with E-state index in [0.29, 0.717) is 61.9 Å². The maximum Gasteiger partial charge on any atom is 0.279 e. The summed E-state index contributed by atoms with van der Waals surface area (Å²) in [5, 5.41) is 20.9. The predicted octanol–water partition coefficient (Wildman–Crippen LogP) is 2.64. The van der Waals surface area contributed by atoms with Gasteiger partial charge in [-0.3, -0.25) is 14.6 Å². The number of aliphatic hydroxyl groups is 2. The largest absolute Gasteiger partial charge is 0.494 e. The molecule has 14 heteroatoms. The van der Waals surface area contributed by atoms with Crippen LogP contribution in [0.1, 0.15) is 58.5 Å². The number of anilines is 2. The number of halogens is 1.